The standard InChI is InChI=1S/C25H53N.HI/c1-4-6-8-10-12-14-16-18-20-22-24-26(3)25-23-21-19-17-15-13-11-9-7-5-2;/h4-25H2,1-3H3;1H. The van der Waals surface area contributed by atoms with Crippen LogP contribution in [-0.2, 0) is 0 Å². The first-order chi connectivity index (χ1) is 12.8. The number of unbranched alkanes of at least 4 members (excludes halogenated alkanes) is 18. The number of hydrogen-bond donors (Lipinski definition) is 1. The Morgan fingerprint density at radius 2 is 0.593 bits per heavy atom. The maximum Gasteiger partial charge on any atom is 0.0768 e. The van der Waals surface area contributed by atoms with E-state index in [1.807, 2.05) is 0 Å². The van der Waals surface area contributed by atoms with Gasteiger partial charge in [0.15, 0.2) is 0 Å². The fraction of sp³-hybridized carbons (Fsp3) is 1.00. The maximum atomic E-state index is 2.40. The Balaban J connectivity index is 0. The van der Waals surface area contributed by atoms with Gasteiger partial charge in [0.1, 0.15) is 0 Å². The molecule has 1 N–H and O–H groups in total. The van der Waals surface area contributed by atoms with Crippen LogP contribution >= 0.6 is 0 Å². The van der Waals surface area contributed by atoms with Crippen LogP contribution in [0, 0.1) is 0 Å². The summed E-state index contributed by atoms with van der Waals surface area (Å²) in [6.07, 6.45) is 29.1. The summed E-state index contributed by atoms with van der Waals surface area (Å²) in [6, 6.07) is 0. The van der Waals surface area contributed by atoms with E-state index in [9.17, 15) is 0 Å². The summed E-state index contributed by atoms with van der Waals surface area (Å²) in [7, 11) is 2.40. The molecule has 0 amide bonds. The second-order valence-corrected chi connectivity index (χ2v) is 8.82. The first-order valence-corrected chi connectivity index (χ1v) is 12.6. The lowest BCUT2D eigenvalue weighted by Crippen LogP contribution is -3.09. The van der Waals surface area contributed by atoms with Crippen molar-refractivity contribution in [3.8, 4) is 0 Å². The molecule has 0 heterocycles. The van der Waals surface area contributed by atoms with Crippen molar-refractivity contribution in [1.82, 2.24) is 0 Å². The molecule has 0 aromatic heterocycles. The molecule has 0 aliphatic heterocycles. The van der Waals surface area contributed by atoms with Gasteiger partial charge >= 0.3 is 0 Å². The average molecular weight is 496 g/mol. The molecule has 0 saturated carbocycles. The summed E-state index contributed by atoms with van der Waals surface area (Å²) in [6.45, 7) is 7.40. The predicted molar refractivity (Wildman–Crippen MR) is 120 cm³/mol. The van der Waals surface area contributed by atoms with Crippen molar-refractivity contribution in [3.63, 3.8) is 0 Å². The van der Waals surface area contributed by atoms with Crippen LogP contribution in [0.25, 0.3) is 0 Å². The number of nitrogens with one attached hydrogen (secondary N) is 1. The molecule has 2 heteroatoms. The Morgan fingerprint density at radius 3 is 0.852 bits per heavy atom. The number of rotatable bonds is 22. The molecule has 0 fully saturated rings. The van der Waals surface area contributed by atoms with E-state index in [4.69, 9.17) is 0 Å². The molecule has 0 atom stereocenters. The quantitative estimate of drug-likeness (QED) is 0.168. The number of quaternary nitrogens is 1. The third kappa shape index (κ3) is 26.7. The smallest absolute Gasteiger partial charge is 0.0768 e. The lowest BCUT2D eigenvalue weighted by molar-refractivity contribution is -0.880. The van der Waals surface area contributed by atoms with E-state index < -0.39 is 0 Å². The van der Waals surface area contributed by atoms with Crippen LogP contribution in [0.15, 0.2) is 0 Å². The summed E-state index contributed by atoms with van der Waals surface area (Å²) >= 11 is 0. The van der Waals surface area contributed by atoms with E-state index in [0.29, 0.717) is 0 Å². The summed E-state index contributed by atoms with van der Waals surface area (Å²) in [5.41, 5.74) is 0. The molecule has 27 heavy (non-hydrogen) atoms. The van der Waals surface area contributed by atoms with Gasteiger partial charge in [0, 0.05) is 0 Å². The van der Waals surface area contributed by atoms with Gasteiger partial charge in [-0.05, 0) is 25.7 Å². The highest BCUT2D eigenvalue weighted by molar-refractivity contribution is 4.48. The minimum absolute atomic E-state index is 0. The summed E-state index contributed by atoms with van der Waals surface area (Å²) in [5.74, 6) is 0. The summed E-state index contributed by atoms with van der Waals surface area (Å²) < 4.78 is 0. The number of halogens is 1. The van der Waals surface area contributed by atoms with E-state index in [2.05, 4.69) is 20.9 Å². The molecule has 0 rings (SSSR count). The fourth-order valence-corrected chi connectivity index (χ4v) is 3.95. The van der Waals surface area contributed by atoms with Crippen molar-refractivity contribution in [2.24, 2.45) is 0 Å². The van der Waals surface area contributed by atoms with Gasteiger partial charge in [-0.3, -0.25) is 0 Å². The Bertz CT molecular complexity index is 220. The first-order valence-electron chi connectivity index (χ1n) is 12.6. The highest BCUT2D eigenvalue weighted by Gasteiger charge is 2.01. The van der Waals surface area contributed by atoms with Crippen LogP contribution in [-0.4, -0.2) is 20.1 Å². The van der Waals surface area contributed by atoms with Gasteiger partial charge in [0.25, 0.3) is 0 Å². The van der Waals surface area contributed by atoms with Crippen molar-refractivity contribution in [3.05, 3.63) is 0 Å². The van der Waals surface area contributed by atoms with Crippen LogP contribution in [0.3, 0.4) is 0 Å². The van der Waals surface area contributed by atoms with Crippen molar-refractivity contribution in [2.75, 3.05) is 20.1 Å². The van der Waals surface area contributed by atoms with Gasteiger partial charge in [-0.2, -0.15) is 0 Å². The highest BCUT2D eigenvalue weighted by Crippen LogP contribution is 2.11. The van der Waals surface area contributed by atoms with E-state index in [1.54, 1.807) is 4.90 Å². The molecule has 0 bridgehead atoms. The lowest BCUT2D eigenvalue weighted by Gasteiger charge is -2.13. The minimum Gasteiger partial charge on any atom is -1.00 e. The van der Waals surface area contributed by atoms with E-state index in [-0.39, 0.29) is 24.0 Å². The molecule has 0 aliphatic rings. The lowest BCUT2D eigenvalue weighted by atomic mass is 10.1. The van der Waals surface area contributed by atoms with Crippen molar-refractivity contribution in [2.45, 2.75) is 142 Å². The second kappa shape index (κ2) is 26.7. The monoisotopic (exact) mass is 495 g/mol. The third-order valence-electron chi connectivity index (χ3n) is 5.91. The van der Waals surface area contributed by atoms with E-state index in [0.717, 1.165) is 0 Å². The topological polar surface area (TPSA) is 4.44 Å². The summed E-state index contributed by atoms with van der Waals surface area (Å²) in [4.78, 5) is 1.77. The molecular weight excluding hydrogens is 441 g/mol. The van der Waals surface area contributed by atoms with Gasteiger partial charge in [0.05, 0.1) is 20.1 Å². The van der Waals surface area contributed by atoms with Crippen LogP contribution in [0.1, 0.15) is 142 Å². The van der Waals surface area contributed by atoms with Crippen molar-refractivity contribution < 1.29 is 28.9 Å². The fourth-order valence-electron chi connectivity index (χ4n) is 3.95. The minimum atomic E-state index is 0. The van der Waals surface area contributed by atoms with Crippen LogP contribution in [0.5, 0.6) is 0 Å². The van der Waals surface area contributed by atoms with Gasteiger partial charge in [-0.15, -0.1) is 0 Å². The van der Waals surface area contributed by atoms with Crippen LogP contribution in [0.2, 0.25) is 0 Å². The molecule has 0 unspecified atom stereocenters. The Hall–Kier alpha value is 0.690. The molecule has 1 nitrogen and oxygen atoms in total. The molecule has 0 aromatic rings. The largest absolute Gasteiger partial charge is 1.00 e. The second-order valence-electron chi connectivity index (χ2n) is 8.82. The van der Waals surface area contributed by atoms with Crippen LogP contribution in [0.4, 0.5) is 0 Å². The van der Waals surface area contributed by atoms with E-state index >= 15 is 0 Å². The van der Waals surface area contributed by atoms with Crippen molar-refractivity contribution in [1.29, 1.82) is 0 Å². The third-order valence-corrected chi connectivity index (χ3v) is 5.91. The SMILES string of the molecule is CCCCCCCCCCCC[NH+](C)CCCCCCCCCCCC.[I-]. The summed E-state index contributed by atoms with van der Waals surface area (Å²) in [5, 5.41) is 0. The van der Waals surface area contributed by atoms with Crippen LogP contribution < -0.4 is 28.9 Å². The molecule has 166 valence electrons. The molecule has 0 spiro atoms. The first kappa shape index (κ1) is 29.9. The molecule has 0 aromatic carbocycles. The Kier molecular flexibility index (Phi) is 29.5. The predicted octanol–water partition coefficient (Wildman–Crippen LogP) is 4.35. The zero-order valence-electron chi connectivity index (χ0n) is 19.4. The zero-order chi connectivity index (χ0) is 19.1. The highest BCUT2D eigenvalue weighted by atomic mass is 127. The molecule has 0 saturated heterocycles. The maximum absolute atomic E-state index is 2.40. The van der Waals surface area contributed by atoms with Gasteiger partial charge in [-0.25, -0.2) is 0 Å². The van der Waals surface area contributed by atoms with E-state index in [1.165, 1.54) is 142 Å². The average Bonchev–Trinajstić information content (AvgIpc) is 2.64. The van der Waals surface area contributed by atoms with Gasteiger partial charge < -0.3 is 28.9 Å². The van der Waals surface area contributed by atoms with Gasteiger partial charge in [-0.1, -0.05) is 117 Å². The normalized spacial score (nSPS) is 11.1. The van der Waals surface area contributed by atoms with Gasteiger partial charge in [0.2, 0.25) is 0 Å². The zero-order valence-corrected chi connectivity index (χ0v) is 21.6. The molecule has 0 radical (unpaired) electrons. The Morgan fingerprint density at radius 1 is 0.370 bits per heavy atom. The molecular formula is C25H54IN. The Labute approximate surface area is 190 Å². The van der Waals surface area contributed by atoms with Crippen molar-refractivity contribution >= 4 is 0 Å². The molecule has 0 aliphatic carbocycles. The number of hydrogen-bond acceptors (Lipinski definition) is 0.